The number of benzene rings is 1. The number of likely N-dealkylation sites (N-methyl/N-ethyl adjacent to an activating group) is 1. The molecule has 1 aromatic carbocycles. The Balaban J connectivity index is 1.95. The molecule has 1 N–H and O–H groups in total. The van der Waals surface area contributed by atoms with Crippen LogP contribution in [0.1, 0.15) is 17.5 Å². The van der Waals surface area contributed by atoms with Gasteiger partial charge in [0.2, 0.25) is 5.91 Å². The van der Waals surface area contributed by atoms with Crippen LogP contribution >= 0.6 is 0 Å². The van der Waals surface area contributed by atoms with Crippen LogP contribution in [0.5, 0.6) is 0 Å². The fourth-order valence-electron chi connectivity index (χ4n) is 2.82. The first kappa shape index (κ1) is 20.7. The van der Waals surface area contributed by atoms with Gasteiger partial charge in [0.15, 0.2) is 0 Å². The SMILES string of the molecule is CN(C)CCO[C@H]1CCOC[C@H]1NC(=O)Cc1ccccc1C(F)(F)F. The number of carbonyl (C=O) groups is 1. The molecule has 0 aromatic heterocycles. The molecule has 1 aliphatic heterocycles. The van der Waals surface area contributed by atoms with Gasteiger partial charge in [-0.1, -0.05) is 18.2 Å². The van der Waals surface area contributed by atoms with Gasteiger partial charge in [0.05, 0.1) is 37.3 Å². The van der Waals surface area contributed by atoms with E-state index >= 15 is 0 Å². The van der Waals surface area contributed by atoms with Crippen molar-refractivity contribution < 1.29 is 27.4 Å². The fourth-order valence-corrected chi connectivity index (χ4v) is 2.82. The van der Waals surface area contributed by atoms with Crippen LogP contribution in [-0.2, 0) is 26.9 Å². The van der Waals surface area contributed by atoms with E-state index in [0.717, 1.165) is 12.6 Å². The first-order chi connectivity index (χ1) is 12.3. The number of ether oxygens (including phenoxy) is 2. The van der Waals surface area contributed by atoms with Crippen LogP contribution in [0.2, 0.25) is 0 Å². The molecule has 2 rings (SSSR count). The molecule has 5 nitrogen and oxygen atoms in total. The molecule has 1 amide bonds. The Hall–Kier alpha value is -1.64. The first-order valence-electron chi connectivity index (χ1n) is 8.56. The summed E-state index contributed by atoms with van der Waals surface area (Å²) < 4.78 is 50.3. The Bertz CT molecular complexity index is 593. The predicted molar refractivity (Wildman–Crippen MR) is 90.8 cm³/mol. The van der Waals surface area contributed by atoms with E-state index in [1.54, 1.807) is 0 Å². The number of alkyl halides is 3. The van der Waals surface area contributed by atoms with Crippen molar-refractivity contribution >= 4 is 5.91 Å². The molecule has 1 saturated heterocycles. The second kappa shape index (κ2) is 9.34. The molecule has 2 atom stereocenters. The summed E-state index contributed by atoms with van der Waals surface area (Å²) in [7, 11) is 3.87. The lowest BCUT2D eigenvalue weighted by atomic mass is 10.0. The van der Waals surface area contributed by atoms with Crippen molar-refractivity contribution in [3.05, 3.63) is 35.4 Å². The number of hydrogen-bond acceptors (Lipinski definition) is 4. The topological polar surface area (TPSA) is 50.8 Å². The van der Waals surface area contributed by atoms with Gasteiger partial charge in [-0.05, 0) is 32.1 Å². The number of rotatable bonds is 7. The van der Waals surface area contributed by atoms with Gasteiger partial charge in [0, 0.05) is 13.2 Å². The Kier molecular flexibility index (Phi) is 7.43. The molecule has 0 saturated carbocycles. The van der Waals surface area contributed by atoms with Crippen molar-refractivity contribution in [3.8, 4) is 0 Å². The van der Waals surface area contributed by atoms with Gasteiger partial charge in [-0.3, -0.25) is 4.79 Å². The van der Waals surface area contributed by atoms with Crippen LogP contribution in [0, 0.1) is 0 Å². The normalized spacial score (nSPS) is 21.0. The van der Waals surface area contributed by atoms with Crippen molar-refractivity contribution in [2.45, 2.75) is 31.2 Å². The quantitative estimate of drug-likeness (QED) is 0.794. The summed E-state index contributed by atoms with van der Waals surface area (Å²) in [6.45, 7) is 2.09. The van der Waals surface area contributed by atoms with Crippen LogP contribution in [0.4, 0.5) is 13.2 Å². The lowest BCUT2D eigenvalue weighted by molar-refractivity contribution is -0.138. The van der Waals surface area contributed by atoms with Gasteiger partial charge in [-0.25, -0.2) is 0 Å². The smallest absolute Gasteiger partial charge is 0.379 e. The number of amides is 1. The van der Waals surface area contributed by atoms with Crippen LogP contribution < -0.4 is 5.32 Å². The van der Waals surface area contributed by atoms with Gasteiger partial charge < -0.3 is 19.7 Å². The third-order valence-electron chi connectivity index (χ3n) is 4.18. The zero-order valence-electron chi connectivity index (χ0n) is 15.0. The summed E-state index contributed by atoms with van der Waals surface area (Å²) in [6, 6.07) is 4.75. The monoisotopic (exact) mass is 374 g/mol. The van der Waals surface area contributed by atoms with Gasteiger partial charge in [-0.15, -0.1) is 0 Å². The van der Waals surface area contributed by atoms with Crippen molar-refractivity contribution in [3.63, 3.8) is 0 Å². The molecule has 8 heteroatoms. The van der Waals surface area contributed by atoms with Gasteiger partial charge in [0.1, 0.15) is 0 Å². The third kappa shape index (κ3) is 6.26. The summed E-state index contributed by atoms with van der Waals surface area (Å²) in [6.07, 6.45) is -4.39. The molecule has 1 aromatic rings. The highest BCUT2D eigenvalue weighted by Crippen LogP contribution is 2.32. The van der Waals surface area contributed by atoms with E-state index in [1.807, 2.05) is 19.0 Å². The largest absolute Gasteiger partial charge is 0.416 e. The van der Waals surface area contributed by atoms with E-state index in [0.29, 0.717) is 26.2 Å². The summed E-state index contributed by atoms with van der Waals surface area (Å²) in [5.41, 5.74) is -0.826. The maximum atomic E-state index is 13.0. The number of nitrogens with zero attached hydrogens (tertiary/aromatic N) is 1. The fraction of sp³-hybridized carbons (Fsp3) is 0.611. The molecular formula is C18H25F3N2O3. The molecule has 0 bridgehead atoms. The van der Waals surface area contributed by atoms with Crippen LogP contribution in [-0.4, -0.2) is 63.4 Å². The predicted octanol–water partition coefficient (Wildman–Crippen LogP) is 2.10. The molecule has 146 valence electrons. The van der Waals surface area contributed by atoms with E-state index in [9.17, 15) is 18.0 Å². The molecule has 0 radical (unpaired) electrons. The van der Waals surface area contributed by atoms with Gasteiger partial charge in [-0.2, -0.15) is 13.2 Å². The first-order valence-corrected chi connectivity index (χ1v) is 8.56. The van der Waals surface area contributed by atoms with Gasteiger partial charge >= 0.3 is 6.18 Å². The molecule has 26 heavy (non-hydrogen) atoms. The van der Waals surface area contributed by atoms with Crippen LogP contribution in [0.15, 0.2) is 24.3 Å². The molecule has 1 aliphatic rings. The summed E-state index contributed by atoms with van der Waals surface area (Å²) >= 11 is 0. The highest BCUT2D eigenvalue weighted by molar-refractivity contribution is 5.79. The lowest BCUT2D eigenvalue weighted by Crippen LogP contribution is -2.51. The van der Waals surface area contributed by atoms with E-state index in [1.165, 1.54) is 18.2 Å². The number of halogens is 3. The second-order valence-corrected chi connectivity index (χ2v) is 6.58. The van der Waals surface area contributed by atoms with Crippen molar-refractivity contribution in [1.82, 2.24) is 10.2 Å². The Morgan fingerprint density at radius 3 is 2.77 bits per heavy atom. The highest BCUT2D eigenvalue weighted by Gasteiger charge is 2.34. The highest BCUT2D eigenvalue weighted by atomic mass is 19.4. The maximum absolute atomic E-state index is 13.0. The minimum atomic E-state index is -4.48. The number of hydrogen-bond donors (Lipinski definition) is 1. The minimum absolute atomic E-state index is 0.0423. The summed E-state index contributed by atoms with van der Waals surface area (Å²) in [5.74, 6) is -0.474. The molecule has 1 fully saturated rings. The van der Waals surface area contributed by atoms with Crippen molar-refractivity contribution in [1.29, 1.82) is 0 Å². The summed E-state index contributed by atoms with van der Waals surface area (Å²) in [5, 5.41) is 2.76. The zero-order valence-corrected chi connectivity index (χ0v) is 15.0. The van der Waals surface area contributed by atoms with Gasteiger partial charge in [0.25, 0.3) is 0 Å². The van der Waals surface area contributed by atoms with E-state index in [-0.39, 0.29) is 24.1 Å². The Morgan fingerprint density at radius 1 is 1.35 bits per heavy atom. The molecular weight excluding hydrogens is 349 g/mol. The Labute approximate surface area is 151 Å². The van der Waals surface area contributed by atoms with Crippen molar-refractivity contribution in [2.24, 2.45) is 0 Å². The zero-order chi connectivity index (χ0) is 19.2. The molecule has 0 aliphatic carbocycles. The number of carbonyl (C=O) groups excluding carboxylic acids is 1. The average molecular weight is 374 g/mol. The summed E-state index contributed by atoms with van der Waals surface area (Å²) in [4.78, 5) is 14.3. The average Bonchev–Trinajstić information content (AvgIpc) is 2.55. The molecule has 1 heterocycles. The molecule has 0 spiro atoms. The molecule has 0 unspecified atom stereocenters. The maximum Gasteiger partial charge on any atom is 0.416 e. The second-order valence-electron chi connectivity index (χ2n) is 6.58. The van der Waals surface area contributed by atoms with Crippen LogP contribution in [0.25, 0.3) is 0 Å². The van der Waals surface area contributed by atoms with E-state index in [2.05, 4.69) is 5.32 Å². The Morgan fingerprint density at radius 2 is 2.08 bits per heavy atom. The van der Waals surface area contributed by atoms with E-state index in [4.69, 9.17) is 9.47 Å². The minimum Gasteiger partial charge on any atom is -0.379 e. The standard InChI is InChI=1S/C18H25F3N2O3/c1-23(2)8-10-26-16-7-9-25-12-15(16)22-17(24)11-13-5-3-4-6-14(13)18(19,20)21/h3-6,15-16H,7-12H2,1-2H3,(H,22,24)/t15-,16+/m1/s1. The number of nitrogens with one attached hydrogen (secondary N) is 1. The lowest BCUT2D eigenvalue weighted by Gasteiger charge is -2.32. The van der Waals surface area contributed by atoms with Crippen molar-refractivity contribution in [2.75, 3.05) is 40.5 Å². The van der Waals surface area contributed by atoms with Crippen LogP contribution in [0.3, 0.4) is 0 Å². The third-order valence-corrected chi connectivity index (χ3v) is 4.18. The van der Waals surface area contributed by atoms with E-state index < -0.39 is 17.6 Å².